The van der Waals surface area contributed by atoms with Crippen LogP contribution in [0.3, 0.4) is 0 Å². The summed E-state index contributed by atoms with van der Waals surface area (Å²) in [6, 6.07) is 17.0. The first-order valence-corrected chi connectivity index (χ1v) is 12.8. The highest BCUT2D eigenvalue weighted by atomic mass is 16.5. The zero-order valence-electron chi connectivity index (χ0n) is 21.2. The third-order valence-electron chi connectivity index (χ3n) is 7.38. The fourth-order valence-electron chi connectivity index (χ4n) is 5.23. The molecule has 2 saturated heterocycles. The molecule has 0 radical (unpaired) electrons. The normalized spacial score (nSPS) is 17.8. The molecule has 2 fully saturated rings. The molecular weight excluding hydrogens is 454 g/mol. The highest BCUT2D eigenvalue weighted by Gasteiger charge is 2.28. The van der Waals surface area contributed by atoms with Crippen molar-refractivity contribution in [2.75, 3.05) is 50.6 Å². The molecule has 0 bridgehead atoms. The first-order chi connectivity index (χ1) is 17.6. The molecule has 8 nitrogen and oxygen atoms in total. The number of nitrogens with one attached hydrogen (secondary N) is 1. The second-order valence-corrected chi connectivity index (χ2v) is 9.72. The number of benzene rings is 2. The Bertz CT molecular complexity index is 1170. The van der Waals surface area contributed by atoms with Gasteiger partial charge < -0.3 is 19.7 Å². The molecule has 1 aromatic heterocycles. The molecule has 1 N–H and O–H groups in total. The quantitative estimate of drug-likeness (QED) is 0.497. The molecule has 2 aromatic carbocycles. The van der Waals surface area contributed by atoms with Crippen LogP contribution in [-0.2, 0) is 16.1 Å². The zero-order valence-corrected chi connectivity index (χ0v) is 21.2. The topological polar surface area (TPSA) is 79.8 Å². The number of fused-ring (bicyclic) bond motifs is 1. The van der Waals surface area contributed by atoms with Crippen molar-refractivity contribution >= 4 is 28.6 Å². The fourth-order valence-corrected chi connectivity index (χ4v) is 5.23. The van der Waals surface area contributed by atoms with Gasteiger partial charge in [-0.25, -0.2) is 4.98 Å². The van der Waals surface area contributed by atoms with E-state index in [9.17, 15) is 4.79 Å². The van der Waals surface area contributed by atoms with Crippen LogP contribution in [0.5, 0.6) is 5.75 Å². The van der Waals surface area contributed by atoms with Gasteiger partial charge in [0.2, 0.25) is 5.95 Å². The second kappa shape index (κ2) is 11.1. The lowest BCUT2D eigenvalue weighted by Crippen LogP contribution is -2.39. The number of carbonyl (C=O) groups is 1. The van der Waals surface area contributed by atoms with Gasteiger partial charge in [0.1, 0.15) is 11.6 Å². The SMILES string of the molecule is COC(=O)C1CCN(c2nc(NC3CCN(Cc4ccccc4)CC3)c3cc(OC)ccc3n2)CC1. The number of rotatable bonds is 7. The summed E-state index contributed by atoms with van der Waals surface area (Å²) < 4.78 is 10.4. The van der Waals surface area contributed by atoms with Gasteiger partial charge in [-0.15, -0.1) is 0 Å². The van der Waals surface area contributed by atoms with Gasteiger partial charge in [-0.2, -0.15) is 4.98 Å². The van der Waals surface area contributed by atoms with Gasteiger partial charge in [-0.05, 0) is 49.4 Å². The van der Waals surface area contributed by atoms with E-state index < -0.39 is 0 Å². The Morgan fingerprint density at radius 3 is 2.42 bits per heavy atom. The standard InChI is InChI=1S/C28H35N5O3/c1-35-23-8-9-25-24(18-23)26(31-28(30-25)33-16-10-21(11-17-33)27(34)36-2)29-22-12-14-32(15-13-22)19-20-6-4-3-5-7-20/h3-9,18,21-22H,10-17,19H2,1-2H3,(H,29,30,31). The monoisotopic (exact) mass is 489 g/mol. The lowest BCUT2D eigenvalue weighted by Gasteiger charge is -2.33. The summed E-state index contributed by atoms with van der Waals surface area (Å²) >= 11 is 0. The van der Waals surface area contributed by atoms with E-state index in [4.69, 9.17) is 19.4 Å². The number of nitrogens with zero attached hydrogens (tertiary/aromatic N) is 4. The zero-order chi connectivity index (χ0) is 24.9. The molecule has 0 aliphatic carbocycles. The van der Waals surface area contributed by atoms with Crippen molar-refractivity contribution in [2.24, 2.45) is 5.92 Å². The molecule has 0 saturated carbocycles. The Morgan fingerprint density at radius 1 is 0.972 bits per heavy atom. The average Bonchev–Trinajstić information content (AvgIpc) is 2.94. The molecule has 5 rings (SSSR count). The maximum atomic E-state index is 11.9. The van der Waals surface area contributed by atoms with Gasteiger partial charge in [-0.1, -0.05) is 30.3 Å². The number of likely N-dealkylation sites (tertiary alicyclic amines) is 1. The van der Waals surface area contributed by atoms with E-state index in [0.717, 1.165) is 80.9 Å². The van der Waals surface area contributed by atoms with Gasteiger partial charge in [0, 0.05) is 44.2 Å². The predicted octanol–water partition coefficient (Wildman–Crippen LogP) is 4.10. The average molecular weight is 490 g/mol. The molecular formula is C28H35N5O3. The summed E-state index contributed by atoms with van der Waals surface area (Å²) in [5.41, 5.74) is 2.25. The van der Waals surface area contributed by atoms with E-state index in [0.29, 0.717) is 12.0 Å². The van der Waals surface area contributed by atoms with Crippen molar-refractivity contribution in [1.29, 1.82) is 0 Å². The van der Waals surface area contributed by atoms with Gasteiger partial charge in [0.05, 0.1) is 25.7 Å². The molecule has 8 heteroatoms. The first kappa shape index (κ1) is 24.3. The van der Waals surface area contributed by atoms with Crippen LogP contribution in [0.4, 0.5) is 11.8 Å². The number of esters is 1. The van der Waals surface area contributed by atoms with E-state index >= 15 is 0 Å². The van der Waals surface area contributed by atoms with Crippen LogP contribution in [0.2, 0.25) is 0 Å². The Morgan fingerprint density at radius 2 is 1.72 bits per heavy atom. The lowest BCUT2D eigenvalue weighted by atomic mass is 9.97. The van der Waals surface area contributed by atoms with Crippen LogP contribution in [0, 0.1) is 5.92 Å². The Balaban J connectivity index is 1.31. The number of aromatic nitrogens is 2. The maximum Gasteiger partial charge on any atom is 0.308 e. The van der Waals surface area contributed by atoms with Crippen LogP contribution >= 0.6 is 0 Å². The number of ether oxygens (including phenoxy) is 2. The summed E-state index contributed by atoms with van der Waals surface area (Å²) in [4.78, 5) is 26.5. The van der Waals surface area contributed by atoms with E-state index in [2.05, 4.69) is 45.4 Å². The minimum atomic E-state index is -0.123. The molecule has 2 aliphatic rings. The number of carbonyl (C=O) groups excluding carboxylic acids is 1. The maximum absolute atomic E-state index is 11.9. The second-order valence-electron chi connectivity index (χ2n) is 9.72. The summed E-state index contributed by atoms with van der Waals surface area (Å²) in [5.74, 6) is 2.18. The molecule has 3 heterocycles. The van der Waals surface area contributed by atoms with Crippen molar-refractivity contribution in [3.8, 4) is 5.75 Å². The van der Waals surface area contributed by atoms with Gasteiger partial charge >= 0.3 is 5.97 Å². The van der Waals surface area contributed by atoms with E-state index in [1.165, 1.54) is 12.7 Å². The molecule has 36 heavy (non-hydrogen) atoms. The van der Waals surface area contributed by atoms with Crippen LogP contribution in [0.25, 0.3) is 10.9 Å². The minimum absolute atomic E-state index is 0.0466. The molecule has 0 spiro atoms. The fraction of sp³-hybridized carbons (Fsp3) is 0.464. The van der Waals surface area contributed by atoms with Crippen LogP contribution < -0.4 is 15.0 Å². The van der Waals surface area contributed by atoms with Crippen molar-refractivity contribution in [3.05, 3.63) is 54.1 Å². The number of hydrogen-bond donors (Lipinski definition) is 1. The third kappa shape index (κ3) is 5.54. The van der Waals surface area contributed by atoms with E-state index in [1.54, 1.807) is 7.11 Å². The number of hydrogen-bond acceptors (Lipinski definition) is 8. The molecule has 2 aliphatic heterocycles. The highest BCUT2D eigenvalue weighted by Crippen LogP contribution is 2.31. The number of piperidine rings is 2. The largest absolute Gasteiger partial charge is 0.497 e. The lowest BCUT2D eigenvalue weighted by molar-refractivity contribution is -0.146. The smallest absolute Gasteiger partial charge is 0.308 e. The molecule has 0 atom stereocenters. The van der Waals surface area contributed by atoms with Crippen molar-refractivity contribution in [2.45, 2.75) is 38.3 Å². The van der Waals surface area contributed by atoms with Crippen LogP contribution in [0.1, 0.15) is 31.2 Å². The van der Waals surface area contributed by atoms with E-state index in [-0.39, 0.29) is 11.9 Å². The minimum Gasteiger partial charge on any atom is -0.497 e. The van der Waals surface area contributed by atoms with Crippen LogP contribution in [-0.4, -0.2) is 67.3 Å². The molecule has 3 aromatic rings. The third-order valence-corrected chi connectivity index (χ3v) is 7.38. The summed E-state index contributed by atoms with van der Waals surface area (Å²) in [6.07, 6.45) is 3.61. The van der Waals surface area contributed by atoms with E-state index in [1.807, 2.05) is 18.2 Å². The number of anilines is 2. The summed E-state index contributed by atoms with van der Waals surface area (Å²) in [7, 11) is 3.14. The van der Waals surface area contributed by atoms with Crippen molar-refractivity contribution in [3.63, 3.8) is 0 Å². The van der Waals surface area contributed by atoms with Crippen LogP contribution in [0.15, 0.2) is 48.5 Å². The Kier molecular flexibility index (Phi) is 7.51. The predicted molar refractivity (Wildman–Crippen MR) is 141 cm³/mol. The van der Waals surface area contributed by atoms with Crippen molar-refractivity contribution < 1.29 is 14.3 Å². The van der Waals surface area contributed by atoms with Gasteiger partial charge in [-0.3, -0.25) is 9.69 Å². The molecule has 0 unspecified atom stereocenters. The Hall–Kier alpha value is -3.39. The van der Waals surface area contributed by atoms with Crippen molar-refractivity contribution in [1.82, 2.24) is 14.9 Å². The number of methoxy groups -OCH3 is 2. The molecule has 0 amide bonds. The summed E-state index contributed by atoms with van der Waals surface area (Å²) in [6.45, 7) is 4.56. The highest BCUT2D eigenvalue weighted by molar-refractivity contribution is 5.91. The van der Waals surface area contributed by atoms with Gasteiger partial charge in [0.15, 0.2) is 0 Å². The molecule has 190 valence electrons. The Labute approximate surface area is 212 Å². The summed E-state index contributed by atoms with van der Waals surface area (Å²) in [5, 5.41) is 4.71. The first-order valence-electron chi connectivity index (χ1n) is 12.8. The van der Waals surface area contributed by atoms with Gasteiger partial charge in [0.25, 0.3) is 0 Å².